The number of hydrogen-bond donors (Lipinski definition) is 2. The van der Waals surface area contributed by atoms with Crippen molar-refractivity contribution in [2.75, 3.05) is 0 Å². The van der Waals surface area contributed by atoms with Crippen LogP contribution in [-0.2, 0) is 16.6 Å². The summed E-state index contributed by atoms with van der Waals surface area (Å²) in [6, 6.07) is 1.71. The van der Waals surface area contributed by atoms with Crippen molar-refractivity contribution in [2.24, 2.45) is 11.7 Å². The average Bonchev–Trinajstić information content (AvgIpc) is 2.86. The summed E-state index contributed by atoms with van der Waals surface area (Å²) in [5, 5.41) is 0. The highest BCUT2D eigenvalue weighted by Gasteiger charge is 2.30. The molecule has 1 aromatic rings. The van der Waals surface area contributed by atoms with Gasteiger partial charge in [-0.1, -0.05) is 13.3 Å². The highest BCUT2D eigenvalue weighted by Crippen LogP contribution is 2.33. The molecule has 0 aromatic carbocycles. The smallest absolute Gasteiger partial charge is 0.242 e. The molecule has 2 rings (SSSR count). The second kappa shape index (κ2) is 5.58. The maximum absolute atomic E-state index is 12.3. The zero-order chi connectivity index (χ0) is 13.3. The Balaban J connectivity index is 2.22. The van der Waals surface area contributed by atoms with Gasteiger partial charge in [0.15, 0.2) is 0 Å². The van der Waals surface area contributed by atoms with Gasteiger partial charge in [0, 0.05) is 17.5 Å². The van der Waals surface area contributed by atoms with E-state index in [9.17, 15) is 8.42 Å². The van der Waals surface area contributed by atoms with Crippen LogP contribution in [0.2, 0.25) is 0 Å². The van der Waals surface area contributed by atoms with Gasteiger partial charge in [-0.15, -0.1) is 11.3 Å². The first kappa shape index (κ1) is 14.5. The van der Waals surface area contributed by atoms with Crippen molar-refractivity contribution in [2.45, 2.75) is 43.7 Å². The van der Waals surface area contributed by atoms with Gasteiger partial charge in [0.05, 0.1) is 3.79 Å². The Morgan fingerprint density at radius 3 is 2.78 bits per heavy atom. The van der Waals surface area contributed by atoms with Crippen molar-refractivity contribution in [3.8, 4) is 0 Å². The second-order valence-electron chi connectivity index (χ2n) is 4.69. The van der Waals surface area contributed by atoms with Crippen molar-refractivity contribution < 1.29 is 8.42 Å². The molecule has 2 unspecified atom stereocenters. The molecule has 1 aliphatic rings. The van der Waals surface area contributed by atoms with Crippen LogP contribution < -0.4 is 10.5 Å². The van der Waals surface area contributed by atoms with Gasteiger partial charge in [-0.25, -0.2) is 13.1 Å². The van der Waals surface area contributed by atoms with Crippen LogP contribution in [0.3, 0.4) is 0 Å². The zero-order valence-electron chi connectivity index (χ0n) is 10.1. The molecule has 102 valence electrons. The fraction of sp³-hybridized carbons (Fsp3) is 0.636. The van der Waals surface area contributed by atoms with Gasteiger partial charge in [0.1, 0.15) is 4.90 Å². The molecule has 1 saturated carbocycles. The Hall–Kier alpha value is 0.0500. The van der Waals surface area contributed by atoms with E-state index in [1.54, 1.807) is 6.07 Å². The Labute approximate surface area is 120 Å². The molecule has 2 atom stereocenters. The summed E-state index contributed by atoms with van der Waals surface area (Å²) in [7, 11) is -3.44. The molecule has 0 spiro atoms. The molecule has 1 aromatic heterocycles. The Bertz CT molecular complexity index is 527. The monoisotopic (exact) mass is 352 g/mol. The van der Waals surface area contributed by atoms with Gasteiger partial charge in [-0.05, 0) is 40.8 Å². The number of sulfonamides is 1. The summed E-state index contributed by atoms with van der Waals surface area (Å²) >= 11 is 4.67. The molecule has 0 bridgehead atoms. The van der Waals surface area contributed by atoms with Gasteiger partial charge in [0.25, 0.3) is 0 Å². The van der Waals surface area contributed by atoms with Crippen LogP contribution in [-0.4, -0.2) is 14.5 Å². The van der Waals surface area contributed by atoms with Crippen molar-refractivity contribution in [1.82, 2.24) is 4.72 Å². The summed E-state index contributed by atoms with van der Waals surface area (Å²) in [5.41, 5.74) is 5.54. The predicted molar refractivity (Wildman–Crippen MR) is 77.0 cm³/mol. The number of rotatable bonds is 4. The summed E-state index contributed by atoms with van der Waals surface area (Å²) in [6.45, 7) is 2.45. The molecule has 18 heavy (non-hydrogen) atoms. The van der Waals surface area contributed by atoms with E-state index < -0.39 is 10.0 Å². The average molecular weight is 353 g/mol. The maximum Gasteiger partial charge on any atom is 0.242 e. The third-order valence-corrected chi connectivity index (χ3v) is 7.13. The number of nitrogens with one attached hydrogen (secondary N) is 1. The summed E-state index contributed by atoms with van der Waals surface area (Å²) < 4.78 is 28.1. The molecular formula is C11H17BrN2O2S2. The van der Waals surface area contributed by atoms with Crippen LogP contribution in [0.25, 0.3) is 0 Å². The Morgan fingerprint density at radius 1 is 1.56 bits per heavy atom. The largest absolute Gasteiger partial charge is 0.326 e. The molecule has 1 heterocycles. The SMILES string of the molecule is CC1CCCC1NS(=O)(=O)c1cc(CN)sc1Br. The second-order valence-corrected chi connectivity index (χ2v) is 8.83. The molecule has 3 N–H and O–H groups in total. The summed E-state index contributed by atoms with van der Waals surface area (Å²) in [5.74, 6) is 0.408. The topological polar surface area (TPSA) is 72.2 Å². The van der Waals surface area contributed by atoms with Crippen molar-refractivity contribution >= 4 is 37.3 Å². The van der Waals surface area contributed by atoms with E-state index in [1.165, 1.54) is 11.3 Å². The minimum Gasteiger partial charge on any atom is -0.326 e. The fourth-order valence-corrected chi connectivity index (χ4v) is 6.21. The van der Waals surface area contributed by atoms with E-state index in [-0.39, 0.29) is 6.04 Å². The normalized spacial score (nSPS) is 24.6. The highest BCUT2D eigenvalue weighted by atomic mass is 79.9. The molecule has 1 fully saturated rings. The lowest BCUT2D eigenvalue weighted by atomic mass is 10.1. The molecule has 1 aliphatic carbocycles. The third-order valence-electron chi connectivity index (χ3n) is 3.37. The molecule has 0 aliphatic heterocycles. The van der Waals surface area contributed by atoms with Crippen LogP contribution in [0.15, 0.2) is 14.7 Å². The van der Waals surface area contributed by atoms with E-state index in [0.29, 0.717) is 21.1 Å². The van der Waals surface area contributed by atoms with E-state index in [0.717, 1.165) is 24.1 Å². The minimum absolute atomic E-state index is 0.0585. The quantitative estimate of drug-likeness (QED) is 0.873. The lowest BCUT2D eigenvalue weighted by molar-refractivity contribution is 0.476. The summed E-state index contributed by atoms with van der Waals surface area (Å²) in [4.78, 5) is 1.17. The first-order chi connectivity index (χ1) is 8.44. The van der Waals surface area contributed by atoms with E-state index >= 15 is 0 Å². The number of halogens is 1. The fourth-order valence-electron chi connectivity index (χ4n) is 2.26. The Morgan fingerprint density at radius 2 is 2.28 bits per heavy atom. The van der Waals surface area contributed by atoms with Gasteiger partial charge >= 0.3 is 0 Å². The van der Waals surface area contributed by atoms with Crippen LogP contribution in [0.1, 0.15) is 31.1 Å². The van der Waals surface area contributed by atoms with Crippen molar-refractivity contribution in [3.63, 3.8) is 0 Å². The van der Waals surface area contributed by atoms with Crippen LogP contribution in [0, 0.1) is 5.92 Å². The van der Waals surface area contributed by atoms with Gasteiger partial charge in [0.2, 0.25) is 10.0 Å². The first-order valence-electron chi connectivity index (χ1n) is 5.94. The maximum atomic E-state index is 12.3. The van der Waals surface area contributed by atoms with Crippen molar-refractivity contribution in [3.05, 3.63) is 14.7 Å². The predicted octanol–water partition coefficient (Wildman–Crippen LogP) is 2.44. The van der Waals surface area contributed by atoms with Gasteiger partial charge < -0.3 is 5.73 Å². The van der Waals surface area contributed by atoms with Crippen LogP contribution in [0.5, 0.6) is 0 Å². The number of hydrogen-bond acceptors (Lipinski definition) is 4. The van der Waals surface area contributed by atoms with E-state index in [4.69, 9.17) is 5.73 Å². The van der Waals surface area contributed by atoms with Crippen molar-refractivity contribution in [1.29, 1.82) is 0 Å². The Kier molecular flexibility index (Phi) is 4.48. The van der Waals surface area contributed by atoms with Crippen LogP contribution >= 0.6 is 27.3 Å². The van der Waals surface area contributed by atoms with Gasteiger partial charge in [-0.3, -0.25) is 0 Å². The molecule has 0 saturated heterocycles. The van der Waals surface area contributed by atoms with E-state index in [2.05, 4.69) is 27.6 Å². The van der Waals surface area contributed by atoms with E-state index in [1.807, 2.05) is 0 Å². The molecule has 0 radical (unpaired) electrons. The van der Waals surface area contributed by atoms with Gasteiger partial charge in [-0.2, -0.15) is 0 Å². The zero-order valence-corrected chi connectivity index (χ0v) is 13.4. The first-order valence-corrected chi connectivity index (χ1v) is 9.04. The lowest BCUT2D eigenvalue weighted by Crippen LogP contribution is -2.36. The summed E-state index contributed by atoms with van der Waals surface area (Å²) in [6.07, 6.45) is 3.10. The highest BCUT2D eigenvalue weighted by molar-refractivity contribution is 9.11. The number of thiophene rings is 1. The molecule has 0 amide bonds. The third kappa shape index (κ3) is 2.96. The minimum atomic E-state index is -3.44. The number of nitrogens with two attached hydrogens (primary N) is 1. The molecular weight excluding hydrogens is 336 g/mol. The lowest BCUT2D eigenvalue weighted by Gasteiger charge is -2.16. The standard InChI is InChI=1S/C11H17BrN2O2S2/c1-7-3-2-4-9(7)14-18(15,16)10-5-8(6-13)17-11(10)12/h5,7,9,14H,2-4,6,13H2,1H3. The molecule has 4 nitrogen and oxygen atoms in total. The van der Waals surface area contributed by atoms with Crippen LogP contribution in [0.4, 0.5) is 0 Å². The molecule has 7 heteroatoms.